The Kier molecular flexibility index (Phi) is 4.37. The first-order valence-corrected chi connectivity index (χ1v) is 6.82. The Morgan fingerprint density at radius 1 is 1.26 bits per heavy atom. The van der Waals surface area contributed by atoms with Crippen LogP contribution in [0.1, 0.15) is 26.1 Å². The Hall–Kier alpha value is -1.62. The number of aryl methyl sites for hydroxylation is 1. The Morgan fingerprint density at radius 3 is 2.74 bits per heavy atom. The Bertz CT molecular complexity index is 530. The molecule has 2 rings (SSSR count). The van der Waals surface area contributed by atoms with E-state index in [0.717, 1.165) is 42.2 Å². The van der Waals surface area contributed by atoms with Crippen LogP contribution in [0.2, 0.25) is 0 Å². The monoisotopic (exact) mass is 261 g/mol. The van der Waals surface area contributed by atoms with Crippen LogP contribution in [0, 0.1) is 0 Å². The molecular weight excluding hydrogens is 238 g/mol. The second-order valence-electron chi connectivity index (χ2n) is 5.33. The van der Waals surface area contributed by atoms with Crippen molar-refractivity contribution in [2.75, 3.05) is 25.5 Å². The summed E-state index contributed by atoms with van der Waals surface area (Å²) >= 11 is 0. The fourth-order valence-electron chi connectivity index (χ4n) is 1.95. The van der Waals surface area contributed by atoms with Crippen LogP contribution in [-0.4, -0.2) is 41.6 Å². The highest BCUT2D eigenvalue weighted by Gasteiger charge is 2.06. The summed E-state index contributed by atoms with van der Waals surface area (Å²) < 4.78 is 0. The van der Waals surface area contributed by atoms with E-state index in [4.69, 9.17) is 0 Å². The lowest BCUT2D eigenvalue weighted by atomic mass is 10.3. The number of aromatic amines is 1. The third kappa shape index (κ3) is 3.67. The first-order valence-electron chi connectivity index (χ1n) is 6.82. The van der Waals surface area contributed by atoms with E-state index >= 15 is 0 Å². The van der Waals surface area contributed by atoms with Crippen LogP contribution in [0.5, 0.6) is 0 Å². The highest BCUT2D eigenvalue weighted by Crippen LogP contribution is 2.15. The number of hydrogen-bond acceptors (Lipinski definition) is 4. The molecule has 0 spiro atoms. The molecule has 5 heteroatoms. The van der Waals surface area contributed by atoms with Crippen molar-refractivity contribution in [2.24, 2.45) is 0 Å². The quantitative estimate of drug-likeness (QED) is 0.780. The third-order valence-electron chi connectivity index (χ3n) is 2.98. The van der Waals surface area contributed by atoms with Crippen molar-refractivity contribution < 1.29 is 0 Å². The zero-order valence-electron chi connectivity index (χ0n) is 12.2. The van der Waals surface area contributed by atoms with E-state index in [0.29, 0.717) is 6.04 Å². The number of H-pyrrole nitrogens is 1. The van der Waals surface area contributed by atoms with Crippen LogP contribution in [0.15, 0.2) is 12.1 Å². The van der Waals surface area contributed by atoms with Crippen molar-refractivity contribution in [2.45, 2.75) is 32.7 Å². The van der Waals surface area contributed by atoms with Crippen molar-refractivity contribution in [3.05, 3.63) is 18.0 Å². The Balaban J connectivity index is 2.01. The molecule has 0 fully saturated rings. The topological polar surface area (TPSA) is 56.8 Å². The molecule has 0 atom stereocenters. The predicted octanol–water partition coefficient (Wildman–Crippen LogP) is 1.95. The van der Waals surface area contributed by atoms with Gasteiger partial charge < -0.3 is 15.2 Å². The van der Waals surface area contributed by atoms with Gasteiger partial charge >= 0.3 is 0 Å². The highest BCUT2D eigenvalue weighted by molar-refractivity contribution is 5.73. The minimum atomic E-state index is 0.542. The Labute approximate surface area is 114 Å². The maximum atomic E-state index is 4.55. The summed E-state index contributed by atoms with van der Waals surface area (Å²) in [6.45, 7) is 5.34. The lowest BCUT2D eigenvalue weighted by Gasteiger charge is -2.09. The van der Waals surface area contributed by atoms with Crippen LogP contribution in [-0.2, 0) is 6.42 Å². The maximum Gasteiger partial charge on any atom is 0.179 e. The molecule has 0 aromatic carbocycles. The van der Waals surface area contributed by atoms with E-state index in [9.17, 15) is 0 Å². The summed E-state index contributed by atoms with van der Waals surface area (Å²) in [6, 6.07) is 4.59. The number of fused-ring (bicyclic) bond motifs is 1. The maximum absolute atomic E-state index is 4.55. The minimum Gasteiger partial charge on any atom is -0.363 e. The van der Waals surface area contributed by atoms with Gasteiger partial charge in [-0.2, -0.15) is 0 Å². The molecule has 0 radical (unpaired) electrons. The predicted molar refractivity (Wildman–Crippen MR) is 79.7 cm³/mol. The number of anilines is 1. The summed E-state index contributed by atoms with van der Waals surface area (Å²) in [5.41, 5.74) is 1.82. The number of nitrogens with zero attached hydrogens (tertiary/aromatic N) is 3. The van der Waals surface area contributed by atoms with E-state index in [1.54, 1.807) is 0 Å². The van der Waals surface area contributed by atoms with E-state index < -0.39 is 0 Å². The largest absolute Gasteiger partial charge is 0.363 e. The lowest BCUT2D eigenvalue weighted by Crippen LogP contribution is -2.24. The van der Waals surface area contributed by atoms with Gasteiger partial charge in [-0.3, -0.25) is 0 Å². The molecule has 0 aliphatic carbocycles. The normalized spacial score (nSPS) is 11.4. The smallest absolute Gasteiger partial charge is 0.179 e. The molecule has 0 saturated heterocycles. The van der Waals surface area contributed by atoms with E-state index in [-0.39, 0.29) is 0 Å². The van der Waals surface area contributed by atoms with Crippen molar-refractivity contribution in [1.29, 1.82) is 0 Å². The fourth-order valence-corrected chi connectivity index (χ4v) is 1.95. The zero-order chi connectivity index (χ0) is 13.8. The molecule has 2 N–H and O–H groups in total. The van der Waals surface area contributed by atoms with Crippen molar-refractivity contribution in [3.8, 4) is 0 Å². The van der Waals surface area contributed by atoms with E-state index in [1.165, 1.54) is 0 Å². The SMILES string of the molecule is CC(C)NCCCc1nc2nc(N(C)C)ccc2[nH]1. The fraction of sp³-hybridized carbons (Fsp3) is 0.571. The molecule has 0 unspecified atom stereocenters. The summed E-state index contributed by atoms with van der Waals surface area (Å²) in [4.78, 5) is 14.4. The van der Waals surface area contributed by atoms with Gasteiger partial charge in [0.2, 0.25) is 0 Å². The second-order valence-corrected chi connectivity index (χ2v) is 5.33. The van der Waals surface area contributed by atoms with Crippen molar-refractivity contribution in [1.82, 2.24) is 20.3 Å². The van der Waals surface area contributed by atoms with Gasteiger partial charge in [0.05, 0.1) is 5.52 Å². The first-order chi connectivity index (χ1) is 9.06. The standard InChI is InChI=1S/C14H23N5/c1-10(2)15-9-5-6-12-16-11-7-8-13(19(3)4)18-14(11)17-12/h7-8,10,15H,5-6,9H2,1-4H3,(H,16,17,18). The number of pyridine rings is 1. The van der Waals surface area contributed by atoms with Gasteiger partial charge in [0.1, 0.15) is 11.6 Å². The molecule has 19 heavy (non-hydrogen) atoms. The number of hydrogen-bond donors (Lipinski definition) is 2. The molecule has 0 amide bonds. The second kappa shape index (κ2) is 6.02. The van der Waals surface area contributed by atoms with Crippen LogP contribution < -0.4 is 10.2 Å². The molecule has 0 aliphatic rings. The molecule has 0 aliphatic heterocycles. The first kappa shape index (κ1) is 13.8. The van der Waals surface area contributed by atoms with E-state index in [2.05, 4.69) is 34.1 Å². The number of rotatable bonds is 6. The van der Waals surface area contributed by atoms with Gasteiger partial charge in [-0.05, 0) is 25.1 Å². The number of imidazole rings is 1. The molecule has 0 saturated carbocycles. The van der Waals surface area contributed by atoms with Gasteiger partial charge in [-0.25, -0.2) is 9.97 Å². The molecular formula is C14H23N5. The van der Waals surface area contributed by atoms with Crippen LogP contribution in [0.25, 0.3) is 11.2 Å². The van der Waals surface area contributed by atoms with Gasteiger partial charge in [0, 0.05) is 26.6 Å². The van der Waals surface area contributed by atoms with Crippen molar-refractivity contribution in [3.63, 3.8) is 0 Å². The molecule has 5 nitrogen and oxygen atoms in total. The third-order valence-corrected chi connectivity index (χ3v) is 2.98. The van der Waals surface area contributed by atoms with Gasteiger partial charge in [-0.15, -0.1) is 0 Å². The van der Waals surface area contributed by atoms with Gasteiger partial charge in [0.25, 0.3) is 0 Å². The highest BCUT2D eigenvalue weighted by atomic mass is 15.1. The molecule has 2 heterocycles. The molecule has 0 bridgehead atoms. The average molecular weight is 261 g/mol. The average Bonchev–Trinajstić information content (AvgIpc) is 2.75. The van der Waals surface area contributed by atoms with Crippen molar-refractivity contribution >= 4 is 17.0 Å². The zero-order valence-corrected chi connectivity index (χ0v) is 12.2. The van der Waals surface area contributed by atoms with Crippen LogP contribution in [0.4, 0.5) is 5.82 Å². The van der Waals surface area contributed by atoms with Gasteiger partial charge in [0.15, 0.2) is 5.65 Å². The summed E-state index contributed by atoms with van der Waals surface area (Å²) in [6.07, 6.45) is 2.03. The lowest BCUT2D eigenvalue weighted by molar-refractivity contribution is 0.567. The van der Waals surface area contributed by atoms with Crippen LogP contribution in [0.3, 0.4) is 0 Å². The minimum absolute atomic E-state index is 0.542. The summed E-state index contributed by atoms with van der Waals surface area (Å²) in [5, 5.41) is 3.41. The Morgan fingerprint density at radius 2 is 2.05 bits per heavy atom. The van der Waals surface area contributed by atoms with Crippen LogP contribution >= 0.6 is 0 Å². The number of aromatic nitrogens is 3. The number of nitrogens with one attached hydrogen (secondary N) is 2. The molecule has 104 valence electrons. The van der Waals surface area contributed by atoms with E-state index in [1.807, 2.05) is 31.1 Å². The summed E-state index contributed by atoms with van der Waals surface area (Å²) in [5.74, 6) is 1.95. The van der Waals surface area contributed by atoms with Gasteiger partial charge in [-0.1, -0.05) is 13.8 Å². The molecule has 2 aromatic heterocycles. The molecule has 2 aromatic rings. The summed E-state index contributed by atoms with van der Waals surface area (Å²) in [7, 11) is 3.97.